The molecule has 0 aromatic heterocycles. The van der Waals surface area contributed by atoms with Crippen LogP contribution in [0.4, 0.5) is 0 Å². The molecule has 0 heterocycles. The summed E-state index contributed by atoms with van der Waals surface area (Å²) in [5.74, 6) is 0.551. The van der Waals surface area contributed by atoms with Gasteiger partial charge in [-0.15, -0.1) is 12.4 Å². The fourth-order valence-corrected chi connectivity index (χ4v) is 3.55. The van der Waals surface area contributed by atoms with E-state index in [2.05, 4.69) is 0 Å². The highest BCUT2D eigenvalue weighted by atomic mass is 35.5. The molecule has 4 heteroatoms. The van der Waals surface area contributed by atoms with Gasteiger partial charge in [-0.2, -0.15) is 0 Å². The van der Waals surface area contributed by atoms with Gasteiger partial charge in [0, 0.05) is 5.39 Å². The third-order valence-electron chi connectivity index (χ3n) is 4.79. The minimum atomic E-state index is -0.516. The number of halogens is 1. The van der Waals surface area contributed by atoms with Gasteiger partial charge in [-0.25, -0.2) is 0 Å². The van der Waals surface area contributed by atoms with Crippen molar-refractivity contribution in [3.8, 4) is 5.75 Å². The van der Waals surface area contributed by atoms with Crippen molar-refractivity contribution in [2.24, 2.45) is 11.7 Å². The van der Waals surface area contributed by atoms with Gasteiger partial charge in [-0.1, -0.05) is 49.6 Å². The van der Waals surface area contributed by atoms with Crippen LogP contribution in [-0.2, 0) is 0 Å². The molecule has 1 aliphatic rings. The Bertz CT molecular complexity index is 626. The first kappa shape index (κ1) is 17.1. The van der Waals surface area contributed by atoms with Gasteiger partial charge in [0.25, 0.3) is 0 Å². The summed E-state index contributed by atoms with van der Waals surface area (Å²) in [4.78, 5) is 0. The summed E-state index contributed by atoms with van der Waals surface area (Å²) < 4.78 is 0. The Kier molecular flexibility index (Phi) is 5.68. The van der Waals surface area contributed by atoms with Crippen molar-refractivity contribution in [1.82, 2.24) is 0 Å². The molecule has 120 valence electrons. The van der Waals surface area contributed by atoms with E-state index in [4.69, 9.17) is 5.73 Å². The normalized spacial score (nSPS) is 18.6. The predicted molar refractivity (Wildman–Crippen MR) is 92.4 cm³/mol. The fourth-order valence-electron chi connectivity index (χ4n) is 3.55. The first-order valence-corrected chi connectivity index (χ1v) is 7.83. The molecule has 22 heavy (non-hydrogen) atoms. The third kappa shape index (κ3) is 3.22. The van der Waals surface area contributed by atoms with Crippen LogP contribution in [0.1, 0.15) is 43.7 Å². The highest BCUT2D eigenvalue weighted by molar-refractivity contribution is 5.91. The monoisotopic (exact) mass is 321 g/mol. The third-order valence-corrected chi connectivity index (χ3v) is 4.79. The topological polar surface area (TPSA) is 66.5 Å². The molecule has 0 unspecified atom stereocenters. The lowest BCUT2D eigenvalue weighted by molar-refractivity contribution is 0.0622. The Balaban J connectivity index is 0.00000176. The van der Waals surface area contributed by atoms with Crippen molar-refractivity contribution in [2.75, 3.05) is 0 Å². The summed E-state index contributed by atoms with van der Waals surface area (Å²) in [6, 6.07) is 10.8. The van der Waals surface area contributed by atoms with Gasteiger partial charge in [-0.3, -0.25) is 0 Å². The molecule has 1 aliphatic carbocycles. The van der Waals surface area contributed by atoms with Crippen LogP contribution in [-0.4, -0.2) is 16.3 Å². The summed E-state index contributed by atoms with van der Waals surface area (Å²) >= 11 is 0. The minimum absolute atomic E-state index is 0. The molecule has 0 radical (unpaired) electrons. The Morgan fingerprint density at radius 2 is 1.59 bits per heavy atom. The van der Waals surface area contributed by atoms with Gasteiger partial charge in [0.2, 0.25) is 0 Å². The number of phenolic OH excluding ortho intramolecular Hbond substituents is 1. The Morgan fingerprint density at radius 1 is 0.955 bits per heavy atom. The van der Waals surface area contributed by atoms with Crippen molar-refractivity contribution in [2.45, 2.75) is 44.2 Å². The van der Waals surface area contributed by atoms with E-state index in [0.29, 0.717) is 5.92 Å². The van der Waals surface area contributed by atoms with Crippen LogP contribution in [0.3, 0.4) is 0 Å². The van der Waals surface area contributed by atoms with E-state index in [1.165, 1.54) is 19.3 Å². The van der Waals surface area contributed by atoms with Crippen molar-refractivity contribution in [1.29, 1.82) is 0 Å². The summed E-state index contributed by atoms with van der Waals surface area (Å²) in [7, 11) is 0. The van der Waals surface area contributed by atoms with Crippen LogP contribution in [0.15, 0.2) is 36.4 Å². The summed E-state index contributed by atoms with van der Waals surface area (Å²) in [5.41, 5.74) is 7.27. The van der Waals surface area contributed by atoms with E-state index in [1.54, 1.807) is 6.07 Å². The number of nitrogens with two attached hydrogens (primary N) is 1. The highest BCUT2D eigenvalue weighted by Gasteiger charge is 2.28. The minimum Gasteiger partial charge on any atom is -0.507 e. The van der Waals surface area contributed by atoms with E-state index in [9.17, 15) is 10.2 Å². The first-order chi connectivity index (χ1) is 10.2. The SMILES string of the molecule is Cl.N[C@@H](c1ccc(O)c2ccccc12)[C@H](O)C1CCCCC1. The number of benzene rings is 2. The summed E-state index contributed by atoms with van der Waals surface area (Å²) in [6.45, 7) is 0. The zero-order chi connectivity index (χ0) is 14.8. The van der Waals surface area contributed by atoms with Crippen molar-refractivity contribution in [3.05, 3.63) is 42.0 Å². The number of fused-ring (bicyclic) bond motifs is 1. The van der Waals surface area contributed by atoms with Crippen molar-refractivity contribution >= 4 is 23.2 Å². The van der Waals surface area contributed by atoms with E-state index < -0.39 is 12.1 Å². The lowest BCUT2D eigenvalue weighted by Gasteiger charge is -2.31. The second-order valence-electron chi connectivity index (χ2n) is 6.13. The molecule has 2 aromatic rings. The number of aromatic hydroxyl groups is 1. The van der Waals surface area contributed by atoms with Gasteiger partial charge in [0.05, 0.1) is 12.1 Å². The number of phenols is 1. The molecule has 2 atom stereocenters. The van der Waals surface area contributed by atoms with E-state index in [1.807, 2.05) is 30.3 Å². The van der Waals surface area contributed by atoms with E-state index in [0.717, 1.165) is 29.2 Å². The molecule has 0 spiro atoms. The number of hydrogen-bond donors (Lipinski definition) is 3. The first-order valence-electron chi connectivity index (χ1n) is 7.83. The maximum atomic E-state index is 10.6. The second kappa shape index (κ2) is 7.32. The number of aliphatic hydroxyl groups is 1. The van der Waals surface area contributed by atoms with Crippen LogP contribution in [0, 0.1) is 5.92 Å². The largest absolute Gasteiger partial charge is 0.507 e. The predicted octanol–water partition coefficient (Wildman–Crippen LogP) is 3.91. The molecule has 2 aromatic carbocycles. The van der Waals surface area contributed by atoms with Crippen LogP contribution in [0.5, 0.6) is 5.75 Å². The molecule has 4 N–H and O–H groups in total. The molecular weight excluding hydrogens is 298 g/mol. The van der Waals surface area contributed by atoms with Crippen LogP contribution < -0.4 is 5.73 Å². The molecule has 0 bridgehead atoms. The maximum absolute atomic E-state index is 10.6. The lowest BCUT2D eigenvalue weighted by atomic mass is 9.80. The maximum Gasteiger partial charge on any atom is 0.123 e. The fraction of sp³-hybridized carbons (Fsp3) is 0.444. The Hall–Kier alpha value is -1.29. The van der Waals surface area contributed by atoms with Gasteiger partial charge >= 0.3 is 0 Å². The van der Waals surface area contributed by atoms with Crippen molar-refractivity contribution in [3.63, 3.8) is 0 Å². The van der Waals surface area contributed by atoms with Crippen LogP contribution in [0.2, 0.25) is 0 Å². The number of aliphatic hydroxyl groups excluding tert-OH is 1. The Morgan fingerprint density at radius 3 is 2.27 bits per heavy atom. The van der Waals surface area contributed by atoms with Gasteiger partial charge in [0.1, 0.15) is 5.75 Å². The van der Waals surface area contributed by atoms with Crippen LogP contribution >= 0.6 is 12.4 Å². The van der Waals surface area contributed by atoms with Crippen LogP contribution in [0.25, 0.3) is 10.8 Å². The molecule has 3 nitrogen and oxygen atoms in total. The van der Waals surface area contributed by atoms with Gasteiger partial charge < -0.3 is 15.9 Å². The zero-order valence-electron chi connectivity index (χ0n) is 12.6. The summed E-state index contributed by atoms with van der Waals surface area (Å²) in [6.07, 6.45) is 5.24. The molecule has 1 saturated carbocycles. The molecule has 0 aliphatic heterocycles. The second-order valence-corrected chi connectivity index (χ2v) is 6.13. The van der Waals surface area contributed by atoms with Gasteiger partial charge in [-0.05, 0) is 35.8 Å². The van der Waals surface area contributed by atoms with Gasteiger partial charge in [0.15, 0.2) is 0 Å². The summed E-state index contributed by atoms with van der Waals surface area (Å²) in [5, 5.41) is 22.3. The molecule has 0 amide bonds. The van der Waals surface area contributed by atoms with Crippen molar-refractivity contribution < 1.29 is 10.2 Å². The lowest BCUT2D eigenvalue weighted by Crippen LogP contribution is -2.34. The smallest absolute Gasteiger partial charge is 0.123 e. The average molecular weight is 322 g/mol. The van der Waals surface area contributed by atoms with E-state index in [-0.39, 0.29) is 18.2 Å². The molecule has 3 rings (SSSR count). The van der Waals surface area contributed by atoms with E-state index >= 15 is 0 Å². The highest BCUT2D eigenvalue weighted by Crippen LogP contribution is 2.35. The zero-order valence-corrected chi connectivity index (χ0v) is 13.4. The number of rotatable bonds is 3. The molecule has 0 saturated heterocycles. The standard InChI is InChI=1S/C18H23NO2.ClH/c19-17(18(21)12-6-2-1-3-7-12)15-10-11-16(20)14-9-5-4-8-13(14)15;/h4-5,8-12,17-18,20-21H,1-3,6-7,19H2;1H/t17-,18+;/m0./s1. The average Bonchev–Trinajstić information content (AvgIpc) is 2.55. The quantitative estimate of drug-likeness (QED) is 0.803. The molecular formula is C18H24ClNO2. The Labute approximate surface area is 137 Å². The number of hydrogen-bond acceptors (Lipinski definition) is 3. The molecule has 1 fully saturated rings.